The van der Waals surface area contributed by atoms with E-state index in [-0.39, 0.29) is 0 Å². The number of hydrogen-bond donors (Lipinski definition) is 2. The van der Waals surface area contributed by atoms with E-state index in [4.69, 9.17) is 15.2 Å². The van der Waals surface area contributed by atoms with Gasteiger partial charge in [-0.3, -0.25) is 0 Å². The summed E-state index contributed by atoms with van der Waals surface area (Å²) in [6.45, 7) is 2.58. The van der Waals surface area contributed by atoms with Crippen LogP contribution in [0.15, 0.2) is 24.3 Å². The first-order chi connectivity index (χ1) is 8.25. The number of rotatable bonds is 5. The minimum Gasteiger partial charge on any atom is -0.399 e. The quantitative estimate of drug-likeness (QED) is 0.759. The van der Waals surface area contributed by atoms with Gasteiger partial charge in [0.1, 0.15) is 6.10 Å². The summed E-state index contributed by atoms with van der Waals surface area (Å²) >= 11 is 0. The highest BCUT2D eigenvalue weighted by molar-refractivity contribution is 5.39. The van der Waals surface area contributed by atoms with Crippen LogP contribution < -0.4 is 5.73 Å². The highest BCUT2D eigenvalue weighted by Crippen LogP contribution is 2.17. The molecule has 0 radical (unpaired) electrons. The van der Waals surface area contributed by atoms with Gasteiger partial charge in [-0.2, -0.15) is 0 Å². The maximum absolute atomic E-state index is 9.89. The maximum atomic E-state index is 9.89. The lowest BCUT2D eigenvalue weighted by Gasteiger charge is -2.13. The van der Waals surface area contributed by atoms with Crippen LogP contribution in [0.5, 0.6) is 0 Å². The second kappa shape index (κ2) is 6.00. The maximum Gasteiger partial charge on any atom is 0.102 e. The molecule has 0 aromatic heterocycles. The van der Waals surface area contributed by atoms with Crippen LogP contribution >= 0.6 is 0 Å². The van der Waals surface area contributed by atoms with Crippen molar-refractivity contribution in [1.82, 2.24) is 0 Å². The molecule has 0 aliphatic carbocycles. The first-order valence-electron chi connectivity index (χ1n) is 5.94. The Kier molecular flexibility index (Phi) is 4.36. The van der Waals surface area contributed by atoms with Gasteiger partial charge in [-0.1, -0.05) is 12.1 Å². The van der Waals surface area contributed by atoms with Crippen LogP contribution in [0.4, 0.5) is 5.69 Å². The molecule has 1 aromatic carbocycles. The van der Waals surface area contributed by atoms with Crippen LogP contribution in [0.1, 0.15) is 18.1 Å². The van der Waals surface area contributed by atoms with Gasteiger partial charge in [0.25, 0.3) is 0 Å². The molecule has 0 spiro atoms. The molecule has 1 heterocycles. The summed E-state index contributed by atoms with van der Waals surface area (Å²) in [4.78, 5) is 0. The number of aliphatic hydroxyl groups is 1. The van der Waals surface area contributed by atoms with Crippen LogP contribution in [0.2, 0.25) is 0 Å². The number of ether oxygens (including phenoxy) is 2. The predicted molar refractivity (Wildman–Crippen MR) is 65.6 cm³/mol. The van der Waals surface area contributed by atoms with Crippen molar-refractivity contribution in [2.24, 2.45) is 5.92 Å². The number of aliphatic hydroxyl groups excluding tert-OH is 1. The molecule has 4 heteroatoms. The zero-order valence-electron chi connectivity index (χ0n) is 9.84. The zero-order chi connectivity index (χ0) is 12.1. The van der Waals surface area contributed by atoms with E-state index in [0.29, 0.717) is 24.8 Å². The summed E-state index contributed by atoms with van der Waals surface area (Å²) in [6.07, 6.45) is 0.468. The van der Waals surface area contributed by atoms with Gasteiger partial charge >= 0.3 is 0 Å². The largest absolute Gasteiger partial charge is 0.399 e. The Balaban J connectivity index is 1.72. The molecule has 2 unspecified atom stereocenters. The SMILES string of the molecule is Nc1ccc(C(O)COCC2CCOC2)cc1. The van der Waals surface area contributed by atoms with Gasteiger partial charge in [0.15, 0.2) is 0 Å². The molecular formula is C13H19NO3. The molecule has 1 saturated heterocycles. The highest BCUT2D eigenvalue weighted by atomic mass is 16.5. The molecular weight excluding hydrogens is 218 g/mol. The standard InChI is InChI=1S/C13H19NO3/c14-12-3-1-11(2-4-12)13(15)9-17-8-10-5-6-16-7-10/h1-4,10,13,15H,5-9,14H2. The van der Waals surface area contributed by atoms with Gasteiger partial charge in [-0.15, -0.1) is 0 Å². The van der Waals surface area contributed by atoms with Gasteiger partial charge in [0, 0.05) is 18.2 Å². The monoisotopic (exact) mass is 237 g/mol. The molecule has 0 saturated carbocycles. The van der Waals surface area contributed by atoms with E-state index >= 15 is 0 Å². The topological polar surface area (TPSA) is 64.7 Å². The smallest absolute Gasteiger partial charge is 0.102 e. The number of nitrogens with two attached hydrogens (primary N) is 1. The Morgan fingerprint density at radius 1 is 1.41 bits per heavy atom. The second-order valence-electron chi connectivity index (χ2n) is 4.45. The van der Waals surface area contributed by atoms with E-state index in [0.717, 1.165) is 25.2 Å². The van der Waals surface area contributed by atoms with E-state index < -0.39 is 6.10 Å². The Morgan fingerprint density at radius 2 is 2.18 bits per heavy atom. The fourth-order valence-electron chi connectivity index (χ4n) is 1.88. The van der Waals surface area contributed by atoms with Crippen LogP contribution in [0, 0.1) is 5.92 Å². The minimum atomic E-state index is -0.585. The van der Waals surface area contributed by atoms with Gasteiger partial charge in [-0.25, -0.2) is 0 Å². The van der Waals surface area contributed by atoms with Crippen molar-refractivity contribution in [3.05, 3.63) is 29.8 Å². The lowest BCUT2D eigenvalue weighted by Crippen LogP contribution is -2.14. The van der Waals surface area contributed by atoms with Crippen molar-refractivity contribution in [1.29, 1.82) is 0 Å². The van der Waals surface area contributed by atoms with E-state index in [1.807, 2.05) is 12.1 Å². The average Bonchev–Trinajstić information content (AvgIpc) is 2.83. The van der Waals surface area contributed by atoms with Crippen LogP contribution in [-0.2, 0) is 9.47 Å². The summed E-state index contributed by atoms with van der Waals surface area (Å²) in [5, 5.41) is 9.89. The summed E-state index contributed by atoms with van der Waals surface area (Å²) < 4.78 is 10.8. The zero-order valence-corrected chi connectivity index (χ0v) is 9.84. The molecule has 17 heavy (non-hydrogen) atoms. The average molecular weight is 237 g/mol. The fraction of sp³-hybridized carbons (Fsp3) is 0.538. The van der Waals surface area contributed by atoms with E-state index in [1.54, 1.807) is 12.1 Å². The molecule has 1 fully saturated rings. The Hall–Kier alpha value is -1.10. The van der Waals surface area contributed by atoms with Crippen LogP contribution in [0.3, 0.4) is 0 Å². The fourth-order valence-corrected chi connectivity index (χ4v) is 1.88. The summed E-state index contributed by atoms with van der Waals surface area (Å²) in [5.41, 5.74) is 7.12. The lowest BCUT2D eigenvalue weighted by atomic mass is 10.1. The molecule has 1 aliphatic rings. The molecule has 2 atom stereocenters. The van der Waals surface area contributed by atoms with Gasteiger partial charge in [-0.05, 0) is 24.1 Å². The molecule has 0 bridgehead atoms. The lowest BCUT2D eigenvalue weighted by molar-refractivity contribution is 0.0185. The van der Waals surface area contributed by atoms with Crippen molar-refractivity contribution in [2.45, 2.75) is 12.5 Å². The van der Waals surface area contributed by atoms with E-state index in [2.05, 4.69) is 0 Å². The van der Waals surface area contributed by atoms with Crippen molar-refractivity contribution >= 4 is 5.69 Å². The number of hydrogen-bond acceptors (Lipinski definition) is 4. The minimum absolute atomic E-state index is 0.320. The van der Waals surface area contributed by atoms with E-state index in [1.165, 1.54) is 0 Å². The Morgan fingerprint density at radius 3 is 2.82 bits per heavy atom. The molecule has 1 aliphatic heterocycles. The number of anilines is 1. The molecule has 1 aromatic rings. The molecule has 0 amide bonds. The third-order valence-electron chi connectivity index (χ3n) is 2.97. The van der Waals surface area contributed by atoms with Crippen molar-refractivity contribution in [3.63, 3.8) is 0 Å². The number of nitrogen functional groups attached to an aromatic ring is 1. The first kappa shape index (κ1) is 12.4. The molecule has 4 nitrogen and oxygen atoms in total. The molecule has 3 N–H and O–H groups in total. The van der Waals surface area contributed by atoms with Gasteiger partial charge < -0.3 is 20.3 Å². The Bertz CT molecular complexity index is 333. The summed E-state index contributed by atoms with van der Waals surface area (Å²) in [6, 6.07) is 7.21. The second-order valence-corrected chi connectivity index (χ2v) is 4.45. The highest BCUT2D eigenvalue weighted by Gasteiger charge is 2.16. The Labute approximate surface area is 101 Å². The van der Waals surface area contributed by atoms with Crippen molar-refractivity contribution in [2.75, 3.05) is 32.2 Å². The third-order valence-corrected chi connectivity index (χ3v) is 2.97. The third kappa shape index (κ3) is 3.70. The molecule has 94 valence electrons. The molecule has 2 rings (SSSR count). The van der Waals surface area contributed by atoms with Crippen molar-refractivity contribution in [3.8, 4) is 0 Å². The van der Waals surface area contributed by atoms with Crippen molar-refractivity contribution < 1.29 is 14.6 Å². The summed E-state index contributed by atoms with van der Waals surface area (Å²) in [5.74, 6) is 0.480. The van der Waals surface area contributed by atoms with E-state index in [9.17, 15) is 5.11 Å². The van der Waals surface area contributed by atoms with Gasteiger partial charge in [0.05, 0.1) is 19.8 Å². The normalized spacial score (nSPS) is 21.6. The number of benzene rings is 1. The summed E-state index contributed by atoms with van der Waals surface area (Å²) in [7, 11) is 0. The van der Waals surface area contributed by atoms with Gasteiger partial charge in [0.2, 0.25) is 0 Å². The predicted octanol–water partition coefficient (Wildman–Crippen LogP) is 1.36. The van der Waals surface area contributed by atoms with Crippen LogP contribution in [-0.4, -0.2) is 31.5 Å². The van der Waals surface area contributed by atoms with Crippen LogP contribution in [0.25, 0.3) is 0 Å². The first-order valence-corrected chi connectivity index (χ1v) is 5.94.